The summed E-state index contributed by atoms with van der Waals surface area (Å²) in [6, 6.07) is 10.2. The average molecular weight is 463 g/mol. The molecule has 180 valence electrons. The van der Waals surface area contributed by atoms with Crippen molar-refractivity contribution in [2.45, 2.75) is 58.3 Å². The Labute approximate surface area is 202 Å². The predicted octanol–water partition coefficient (Wildman–Crippen LogP) is 7.24. The van der Waals surface area contributed by atoms with E-state index in [1.165, 1.54) is 48.0 Å². The zero-order chi connectivity index (χ0) is 23.5. The van der Waals surface area contributed by atoms with Crippen LogP contribution in [0.4, 0.5) is 8.78 Å². The first-order valence-electron chi connectivity index (χ1n) is 13.1. The number of alkyl halides is 1. The van der Waals surface area contributed by atoms with Crippen LogP contribution in [0, 0.1) is 17.7 Å². The number of likely N-dealkylation sites (tertiary alicyclic amines) is 1. The molecule has 2 heterocycles. The lowest BCUT2D eigenvalue weighted by Crippen LogP contribution is -2.40. The Balaban J connectivity index is 1.48. The van der Waals surface area contributed by atoms with Gasteiger partial charge in [-0.05, 0) is 78.7 Å². The van der Waals surface area contributed by atoms with Gasteiger partial charge in [-0.2, -0.15) is 0 Å². The van der Waals surface area contributed by atoms with Crippen LogP contribution in [0.2, 0.25) is 0 Å². The molecule has 0 atom stereocenters. The Morgan fingerprint density at radius 1 is 1.09 bits per heavy atom. The van der Waals surface area contributed by atoms with E-state index in [4.69, 9.17) is 4.98 Å². The number of hydrogen-bond acceptors (Lipinski definition) is 2. The average Bonchev–Trinajstić information content (AvgIpc) is 3.01. The van der Waals surface area contributed by atoms with Crippen molar-refractivity contribution in [3.8, 4) is 0 Å². The molecule has 1 saturated carbocycles. The van der Waals surface area contributed by atoms with Crippen molar-refractivity contribution < 1.29 is 8.78 Å². The third-order valence-corrected chi connectivity index (χ3v) is 7.94. The number of allylic oxidation sites excluding steroid dienone is 1. The molecule has 0 unspecified atom stereocenters. The van der Waals surface area contributed by atoms with E-state index in [1.807, 2.05) is 12.3 Å². The van der Waals surface area contributed by atoms with Crippen LogP contribution < -0.4 is 0 Å². The molecule has 0 N–H and O–H groups in total. The molecule has 1 saturated heterocycles. The van der Waals surface area contributed by atoms with Crippen LogP contribution in [0.3, 0.4) is 0 Å². The van der Waals surface area contributed by atoms with Gasteiger partial charge in [-0.1, -0.05) is 55.7 Å². The van der Waals surface area contributed by atoms with E-state index in [-0.39, 0.29) is 12.5 Å². The van der Waals surface area contributed by atoms with E-state index in [2.05, 4.69) is 36.1 Å². The van der Waals surface area contributed by atoms with Crippen molar-refractivity contribution in [3.05, 3.63) is 75.9 Å². The smallest absolute Gasteiger partial charge is 0.150 e. The van der Waals surface area contributed by atoms with Gasteiger partial charge in [-0.15, -0.1) is 0 Å². The summed E-state index contributed by atoms with van der Waals surface area (Å²) >= 11 is 0. The van der Waals surface area contributed by atoms with Gasteiger partial charge in [0.15, 0.2) is 0 Å². The summed E-state index contributed by atoms with van der Waals surface area (Å²) in [5, 5.41) is 0. The number of aromatic nitrogens is 1. The molecule has 2 nitrogen and oxygen atoms in total. The molecule has 0 spiro atoms. The van der Waals surface area contributed by atoms with Gasteiger partial charge in [0.05, 0.1) is 6.67 Å². The number of nitrogens with zero attached hydrogens (tertiary/aromatic N) is 2. The lowest BCUT2D eigenvalue weighted by molar-refractivity contribution is 0.239. The summed E-state index contributed by atoms with van der Waals surface area (Å²) in [5.41, 5.74) is 7.56. The fourth-order valence-corrected chi connectivity index (χ4v) is 6.06. The predicted molar refractivity (Wildman–Crippen MR) is 136 cm³/mol. The fourth-order valence-electron chi connectivity index (χ4n) is 6.06. The molecule has 34 heavy (non-hydrogen) atoms. The first-order valence-corrected chi connectivity index (χ1v) is 13.1. The number of fused-ring (bicyclic) bond motifs is 1. The van der Waals surface area contributed by atoms with Gasteiger partial charge < -0.3 is 0 Å². The van der Waals surface area contributed by atoms with Crippen LogP contribution in [0.15, 0.2) is 47.7 Å². The molecule has 1 aliphatic heterocycles. The first kappa shape index (κ1) is 23.4. The monoisotopic (exact) mass is 462 g/mol. The Kier molecular flexibility index (Phi) is 7.24. The zero-order valence-electron chi connectivity index (χ0n) is 20.3. The molecule has 1 aromatic carbocycles. The van der Waals surface area contributed by atoms with Crippen molar-refractivity contribution in [1.29, 1.82) is 0 Å². The topological polar surface area (TPSA) is 16.1 Å². The second-order valence-corrected chi connectivity index (χ2v) is 10.5. The molecule has 1 aromatic heterocycles. The zero-order valence-corrected chi connectivity index (χ0v) is 20.3. The summed E-state index contributed by atoms with van der Waals surface area (Å²) in [7, 11) is 0. The molecule has 0 radical (unpaired) electrons. The Bertz CT molecular complexity index is 1070. The maximum absolute atomic E-state index is 15.7. The standard InChI is InChI=1S/C30H36F2N2/c1-21-10-12-25(13-11-21)27-9-4-7-24-6-2-3-8-26(24)29(27)30-28(32)17-22(18-33-30)16-23-19-34(20-23)15-5-14-31/h2-3,6,8,16-18,21,25H,4-5,7,9-15,19-20H2,1H3. The Morgan fingerprint density at radius 3 is 2.65 bits per heavy atom. The molecule has 2 fully saturated rings. The number of rotatable bonds is 6. The van der Waals surface area contributed by atoms with Crippen LogP contribution in [-0.2, 0) is 6.42 Å². The molecule has 2 aromatic rings. The van der Waals surface area contributed by atoms with Crippen LogP contribution in [0.25, 0.3) is 11.6 Å². The minimum atomic E-state index is -0.271. The van der Waals surface area contributed by atoms with E-state index in [0.717, 1.165) is 56.0 Å². The summed E-state index contributed by atoms with van der Waals surface area (Å²) in [5.74, 6) is 1.10. The van der Waals surface area contributed by atoms with Crippen LogP contribution in [-0.4, -0.2) is 36.2 Å². The van der Waals surface area contributed by atoms with E-state index >= 15 is 4.39 Å². The van der Waals surface area contributed by atoms with Gasteiger partial charge in [0.2, 0.25) is 0 Å². The highest BCUT2D eigenvalue weighted by Crippen LogP contribution is 2.43. The Hall–Kier alpha value is -2.33. The summed E-state index contributed by atoms with van der Waals surface area (Å²) in [6.45, 7) is 4.55. The molecule has 5 rings (SSSR count). The number of aryl methyl sites for hydroxylation is 1. The van der Waals surface area contributed by atoms with Gasteiger partial charge in [-0.3, -0.25) is 14.3 Å². The van der Waals surface area contributed by atoms with E-state index in [0.29, 0.717) is 18.0 Å². The lowest BCUT2D eigenvalue weighted by atomic mass is 9.75. The highest BCUT2D eigenvalue weighted by Gasteiger charge is 2.29. The highest BCUT2D eigenvalue weighted by molar-refractivity contribution is 5.83. The number of benzene rings is 1. The minimum absolute atomic E-state index is 0.226. The van der Waals surface area contributed by atoms with Gasteiger partial charge in [-0.25, -0.2) is 4.39 Å². The van der Waals surface area contributed by atoms with Crippen molar-refractivity contribution >= 4 is 11.6 Å². The number of pyridine rings is 1. The van der Waals surface area contributed by atoms with Gasteiger partial charge in [0, 0.05) is 31.4 Å². The fraction of sp³-hybridized carbons (Fsp3) is 0.500. The molecule has 4 heteroatoms. The molecule has 3 aliphatic rings. The first-order chi connectivity index (χ1) is 16.6. The molecule has 2 aliphatic carbocycles. The maximum atomic E-state index is 15.7. The number of hydrogen-bond donors (Lipinski definition) is 0. The SMILES string of the molecule is CC1CCC(C2=C(c3ncc(C=C4CN(CCCF)C4)cc3F)c3ccccc3CCC2)CC1. The number of halogens is 2. The molecular formula is C30H36F2N2. The van der Waals surface area contributed by atoms with Crippen LogP contribution >= 0.6 is 0 Å². The second-order valence-electron chi connectivity index (χ2n) is 10.5. The largest absolute Gasteiger partial charge is 0.295 e. The minimum Gasteiger partial charge on any atom is -0.295 e. The summed E-state index contributed by atoms with van der Waals surface area (Å²) in [6.07, 6.45) is 12.6. The maximum Gasteiger partial charge on any atom is 0.150 e. The summed E-state index contributed by atoms with van der Waals surface area (Å²) in [4.78, 5) is 6.96. The molecule has 0 amide bonds. The van der Waals surface area contributed by atoms with Gasteiger partial charge in [0.25, 0.3) is 0 Å². The lowest BCUT2D eigenvalue weighted by Gasteiger charge is -2.33. The molecular weight excluding hydrogens is 426 g/mol. The summed E-state index contributed by atoms with van der Waals surface area (Å²) < 4.78 is 28.1. The van der Waals surface area contributed by atoms with Crippen molar-refractivity contribution in [1.82, 2.24) is 9.88 Å². The van der Waals surface area contributed by atoms with Gasteiger partial charge in [0.1, 0.15) is 11.5 Å². The Morgan fingerprint density at radius 2 is 1.88 bits per heavy atom. The third kappa shape index (κ3) is 5.02. The third-order valence-electron chi connectivity index (χ3n) is 7.94. The van der Waals surface area contributed by atoms with E-state index in [9.17, 15) is 4.39 Å². The quantitative estimate of drug-likeness (QED) is 0.450. The second kappa shape index (κ2) is 10.5. The van der Waals surface area contributed by atoms with Gasteiger partial charge >= 0.3 is 0 Å². The van der Waals surface area contributed by atoms with E-state index in [1.54, 1.807) is 6.07 Å². The van der Waals surface area contributed by atoms with Crippen LogP contribution in [0.5, 0.6) is 0 Å². The van der Waals surface area contributed by atoms with Crippen molar-refractivity contribution in [2.24, 2.45) is 11.8 Å². The van der Waals surface area contributed by atoms with Crippen LogP contribution in [0.1, 0.15) is 74.3 Å². The van der Waals surface area contributed by atoms with Crippen molar-refractivity contribution in [2.75, 3.05) is 26.3 Å². The molecule has 0 bridgehead atoms. The van der Waals surface area contributed by atoms with Crippen molar-refractivity contribution in [3.63, 3.8) is 0 Å². The van der Waals surface area contributed by atoms with E-state index < -0.39 is 0 Å². The highest BCUT2D eigenvalue weighted by atomic mass is 19.1. The normalized spacial score (nSPS) is 23.3.